The monoisotopic (exact) mass is 255 g/mol. The first-order chi connectivity index (χ1) is 8.58. The van der Waals surface area contributed by atoms with Gasteiger partial charge in [-0.05, 0) is 26.2 Å². The lowest BCUT2D eigenvalue weighted by atomic mass is 10.2. The molecule has 0 aromatic heterocycles. The van der Waals surface area contributed by atoms with E-state index in [1.807, 2.05) is 6.92 Å². The van der Waals surface area contributed by atoms with Gasteiger partial charge in [0.1, 0.15) is 0 Å². The van der Waals surface area contributed by atoms with Crippen LogP contribution in [0.5, 0.6) is 0 Å². The number of aliphatic hydroxyl groups excluding tert-OH is 1. The van der Waals surface area contributed by atoms with Crippen LogP contribution in [0, 0.1) is 0 Å². The number of nitrogens with zero attached hydrogens (tertiary/aromatic N) is 2. The van der Waals surface area contributed by atoms with Gasteiger partial charge in [0, 0.05) is 25.7 Å². The van der Waals surface area contributed by atoms with Crippen LogP contribution in [-0.4, -0.2) is 65.2 Å². The van der Waals surface area contributed by atoms with Gasteiger partial charge in [-0.1, -0.05) is 0 Å². The lowest BCUT2D eigenvalue weighted by Crippen LogP contribution is -2.45. The number of likely N-dealkylation sites (tertiary alicyclic amines) is 2. The zero-order valence-corrected chi connectivity index (χ0v) is 10.8. The fraction of sp³-hybridized carbons (Fsp3) is 0.833. The minimum atomic E-state index is -0.432. The average molecular weight is 255 g/mol. The lowest BCUT2D eigenvalue weighted by Gasteiger charge is -2.22. The van der Waals surface area contributed by atoms with E-state index in [1.54, 1.807) is 9.80 Å². The molecule has 3 amide bonds. The van der Waals surface area contributed by atoms with Crippen LogP contribution < -0.4 is 5.32 Å². The third-order valence-electron chi connectivity index (χ3n) is 3.66. The summed E-state index contributed by atoms with van der Waals surface area (Å²) in [6.07, 6.45) is 2.26. The molecule has 2 N–H and O–H groups in total. The molecule has 0 aromatic rings. The smallest absolute Gasteiger partial charge is 0.317 e. The van der Waals surface area contributed by atoms with Gasteiger partial charge in [-0.3, -0.25) is 4.79 Å². The largest absolute Gasteiger partial charge is 0.391 e. The number of urea groups is 1. The quantitative estimate of drug-likeness (QED) is 0.716. The standard InChI is InChI=1S/C12H21N3O3/c1-9-6-10(16)8-15(9)11(17)7-13-12(18)14-4-2-3-5-14/h9-10,16H,2-8H2,1H3,(H,13,18). The zero-order valence-electron chi connectivity index (χ0n) is 10.8. The Morgan fingerprint density at radius 3 is 2.56 bits per heavy atom. The molecule has 2 heterocycles. The second kappa shape index (κ2) is 5.56. The first-order valence-electron chi connectivity index (χ1n) is 6.58. The Balaban J connectivity index is 1.76. The summed E-state index contributed by atoms with van der Waals surface area (Å²) in [7, 11) is 0. The molecular weight excluding hydrogens is 234 g/mol. The normalized spacial score (nSPS) is 27.7. The van der Waals surface area contributed by atoms with Crippen molar-refractivity contribution in [1.82, 2.24) is 15.1 Å². The molecule has 2 atom stereocenters. The Bertz CT molecular complexity index is 329. The van der Waals surface area contributed by atoms with E-state index >= 15 is 0 Å². The number of carbonyl (C=O) groups excluding carboxylic acids is 2. The van der Waals surface area contributed by atoms with E-state index in [2.05, 4.69) is 5.32 Å². The molecule has 6 nitrogen and oxygen atoms in total. The molecule has 2 saturated heterocycles. The highest BCUT2D eigenvalue weighted by molar-refractivity contribution is 5.84. The Morgan fingerprint density at radius 1 is 1.33 bits per heavy atom. The first kappa shape index (κ1) is 13.1. The molecule has 6 heteroatoms. The highest BCUT2D eigenvalue weighted by Gasteiger charge is 2.31. The predicted molar refractivity (Wildman–Crippen MR) is 66.0 cm³/mol. The van der Waals surface area contributed by atoms with Crippen LogP contribution in [0.2, 0.25) is 0 Å². The van der Waals surface area contributed by atoms with Crippen LogP contribution >= 0.6 is 0 Å². The van der Waals surface area contributed by atoms with Crippen molar-refractivity contribution in [3.8, 4) is 0 Å². The molecule has 0 spiro atoms. The van der Waals surface area contributed by atoms with Gasteiger partial charge < -0.3 is 20.2 Å². The van der Waals surface area contributed by atoms with Gasteiger partial charge in [-0.2, -0.15) is 0 Å². The lowest BCUT2D eigenvalue weighted by molar-refractivity contribution is -0.130. The van der Waals surface area contributed by atoms with Crippen molar-refractivity contribution < 1.29 is 14.7 Å². The van der Waals surface area contributed by atoms with Gasteiger partial charge in [-0.25, -0.2) is 4.79 Å². The molecular formula is C12H21N3O3. The summed E-state index contributed by atoms with van der Waals surface area (Å²) in [6.45, 7) is 3.86. The second-order valence-corrected chi connectivity index (χ2v) is 5.14. The number of aliphatic hydroxyl groups is 1. The Morgan fingerprint density at radius 2 is 2.00 bits per heavy atom. The number of rotatable bonds is 2. The first-order valence-corrected chi connectivity index (χ1v) is 6.58. The molecule has 2 rings (SSSR count). The topological polar surface area (TPSA) is 72.9 Å². The van der Waals surface area contributed by atoms with Gasteiger partial charge in [0.2, 0.25) is 5.91 Å². The van der Waals surface area contributed by atoms with Crippen LogP contribution in [0.4, 0.5) is 4.79 Å². The fourth-order valence-corrected chi connectivity index (χ4v) is 2.63. The van der Waals surface area contributed by atoms with Gasteiger partial charge in [-0.15, -0.1) is 0 Å². The van der Waals surface area contributed by atoms with Gasteiger partial charge in [0.05, 0.1) is 12.6 Å². The second-order valence-electron chi connectivity index (χ2n) is 5.14. The van der Waals surface area contributed by atoms with Crippen LogP contribution in [-0.2, 0) is 4.79 Å². The van der Waals surface area contributed by atoms with E-state index in [1.165, 1.54) is 0 Å². The van der Waals surface area contributed by atoms with Crippen LogP contribution in [0.3, 0.4) is 0 Å². The number of carbonyl (C=O) groups is 2. The number of β-amino-alcohol motifs (C(OH)–C–C–N with tert-alkyl or cyclic N) is 1. The minimum Gasteiger partial charge on any atom is -0.391 e. The summed E-state index contributed by atoms with van der Waals surface area (Å²) in [5, 5.41) is 12.1. The molecule has 2 aliphatic heterocycles. The van der Waals surface area contributed by atoms with Gasteiger partial charge in [0.15, 0.2) is 0 Å². The molecule has 2 fully saturated rings. The highest BCUT2D eigenvalue weighted by Crippen LogP contribution is 2.16. The maximum Gasteiger partial charge on any atom is 0.317 e. The maximum absolute atomic E-state index is 11.9. The molecule has 0 aliphatic carbocycles. The average Bonchev–Trinajstić information content (AvgIpc) is 2.95. The van der Waals surface area contributed by atoms with E-state index in [4.69, 9.17) is 0 Å². The molecule has 0 saturated carbocycles. The van der Waals surface area contributed by atoms with Crippen molar-refractivity contribution in [2.75, 3.05) is 26.2 Å². The van der Waals surface area contributed by atoms with E-state index in [0.717, 1.165) is 25.9 Å². The van der Waals surface area contributed by atoms with Gasteiger partial charge in [0.25, 0.3) is 0 Å². The molecule has 0 aromatic carbocycles. The summed E-state index contributed by atoms with van der Waals surface area (Å²) in [5.74, 6) is -0.119. The summed E-state index contributed by atoms with van der Waals surface area (Å²) < 4.78 is 0. The summed E-state index contributed by atoms with van der Waals surface area (Å²) in [5.41, 5.74) is 0. The zero-order chi connectivity index (χ0) is 13.1. The third kappa shape index (κ3) is 2.93. The highest BCUT2D eigenvalue weighted by atomic mass is 16.3. The summed E-state index contributed by atoms with van der Waals surface area (Å²) in [4.78, 5) is 27.0. The molecule has 18 heavy (non-hydrogen) atoms. The Kier molecular flexibility index (Phi) is 4.06. The molecule has 2 aliphatic rings. The van der Waals surface area contributed by atoms with Crippen molar-refractivity contribution in [3.63, 3.8) is 0 Å². The Hall–Kier alpha value is -1.30. The molecule has 102 valence electrons. The fourth-order valence-electron chi connectivity index (χ4n) is 2.63. The van der Waals surface area contributed by atoms with E-state index in [0.29, 0.717) is 13.0 Å². The van der Waals surface area contributed by atoms with Crippen molar-refractivity contribution in [1.29, 1.82) is 0 Å². The number of nitrogens with one attached hydrogen (secondary N) is 1. The van der Waals surface area contributed by atoms with Crippen molar-refractivity contribution in [2.24, 2.45) is 0 Å². The SMILES string of the molecule is CC1CC(O)CN1C(=O)CNC(=O)N1CCCC1. The third-order valence-corrected chi connectivity index (χ3v) is 3.66. The number of amides is 3. The molecule has 0 bridgehead atoms. The summed E-state index contributed by atoms with van der Waals surface area (Å²) >= 11 is 0. The molecule has 0 radical (unpaired) electrons. The van der Waals surface area contributed by atoms with Crippen LogP contribution in [0.25, 0.3) is 0 Å². The summed E-state index contributed by atoms with van der Waals surface area (Å²) in [6, 6.07) is -0.107. The number of hydrogen-bond donors (Lipinski definition) is 2. The van der Waals surface area contributed by atoms with Crippen LogP contribution in [0.1, 0.15) is 26.2 Å². The predicted octanol–water partition coefficient (Wildman–Crippen LogP) is -0.226. The van der Waals surface area contributed by atoms with E-state index in [9.17, 15) is 14.7 Å². The minimum absolute atomic E-state index is 0.0202. The van der Waals surface area contributed by atoms with Crippen molar-refractivity contribution in [3.05, 3.63) is 0 Å². The van der Waals surface area contributed by atoms with E-state index in [-0.39, 0.29) is 24.5 Å². The van der Waals surface area contributed by atoms with Crippen molar-refractivity contribution in [2.45, 2.75) is 38.3 Å². The number of hydrogen-bond acceptors (Lipinski definition) is 3. The van der Waals surface area contributed by atoms with Crippen molar-refractivity contribution >= 4 is 11.9 Å². The molecule has 2 unspecified atom stereocenters. The Labute approximate surface area is 107 Å². The van der Waals surface area contributed by atoms with Gasteiger partial charge >= 0.3 is 6.03 Å². The van der Waals surface area contributed by atoms with E-state index < -0.39 is 6.10 Å². The maximum atomic E-state index is 11.9. The van der Waals surface area contributed by atoms with Crippen LogP contribution in [0.15, 0.2) is 0 Å².